The molecule has 0 aliphatic heterocycles. The molecule has 0 atom stereocenters. The Morgan fingerprint density at radius 2 is 2.23 bits per heavy atom. The number of carbonyl (C=O) groups is 1. The van der Waals surface area contributed by atoms with Gasteiger partial charge in [-0.2, -0.15) is 0 Å². The fourth-order valence-electron chi connectivity index (χ4n) is 0.882. The summed E-state index contributed by atoms with van der Waals surface area (Å²) in [7, 11) is 0. The Bertz CT molecular complexity index is 354. The molecule has 0 heterocycles. The molecule has 13 heavy (non-hydrogen) atoms. The van der Waals surface area contributed by atoms with Gasteiger partial charge in [-0.15, -0.1) is 0 Å². The van der Waals surface area contributed by atoms with E-state index in [2.05, 4.69) is 15.9 Å². The highest BCUT2D eigenvalue weighted by atomic mass is 79.9. The van der Waals surface area contributed by atoms with Crippen LogP contribution >= 0.6 is 27.5 Å². The van der Waals surface area contributed by atoms with Crippen LogP contribution in [0, 0.1) is 5.82 Å². The van der Waals surface area contributed by atoms with E-state index in [-0.39, 0.29) is 17.0 Å². The van der Waals surface area contributed by atoms with Crippen LogP contribution in [0.25, 0.3) is 0 Å². The van der Waals surface area contributed by atoms with E-state index in [1.165, 1.54) is 12.1 Å². The van der Waals surface area contributed by atoms with Crippen molar-refractivity contribution in [2.45, 2.75) is 6.42 Å². The van der Waals surface area contributed by atoms with Crippen LogP contribution in [0.2, 0.25) is 5.02 Å². The van der Waals surface area contributed by atoms with Crippen molar-refractivity contribution in [2.75, 3.05) is 0 Å². The number of hydrogen-bond acceptors (Lipinski definition) is 1. The third kappa shape index (κ3) is 2.42. The quantitative estimate of drug-likeness (QED) is 0.837. The maximum atomic E-state index is 13.2. The van der Waals surface area contributed by atoms with Gasteiger partial charge in [0.2, 0.25) is 0 Å². The number of hydrogen-bond donors (Lipinski definition) is 1. The smallest absolute Gasteiger partial charge is 0.307 e. The highest BCUT2D eigenvalue weighted by molar-refractivity contribution is 9.10. The zero-order valence-corrected chi connectivity index (χ0v) is 8.69. The summed E-state index contributed by atoms with van der Waals surface area (Å²) in [5.74, 6) is -1.78. The highest BCUT2D eigenvalue weighted by Gasteiger charge is 2.13. The van der Waals surface area contributed by atoms with Gasteiger partial charge >= 0.3 is 5.97 Å². The average Bonchev–Trinajstić information content (AvgIpc) is 2.05. The molecule has 0 aliphatic rings. The van der Waals surface area contributed by atoms with Gasteiger partial charge in [0.25, 0.3) is 0 Å². The van der Waals surface area contributed by atoms with Crippen molar-refractivity contribution < 1.29 is 14.3 Å². The van der Waals surface area contributed by atoms with Gasteiger partial charge in [-0.3, -0.25) is 4.79 Å². The fourth-order valence-corrected chi connectivity index (χ4v) is 1.51. The van der Waals surface area contributed by atoms with Crippen LogP contribution < -0.4 is 0 Å². The molecular formula is C8H5BrClFO2. The lowest BCUT2D eigenvalue weighted by Crippen LogP contribution is -2.03. The number of aliphatic carboxylic acids is 1. The largest absolute Gasteiger partial charge is 0.481 e. The van der Waals surface area contributed by atoms with Gasteiger partial charge in [0.15, 0.2) is 0 Å². The molecule has 1 N–H and O–H groups in total. The van der Waals surface area contributed by atoms with Gasteiger partial charge in [-0.05, 0) is 12.1 Å². The molecule has 0 aromatic heterocycles. The van der Waals surface area contributed by atoms with Crippen molar-refractivity contribution in [2.24, 2.45) is 0 Å². The van der Waals surface area contributed by atoms with E-state index in [4.69, 9.17) is 16.7 Å². The molecule has 0 aliphatic carbocycles. The summed E-state index contributed by atoms with van der Waals surface area (Å²) in [6.07, 6.45) is -0.382. The monoisotopic (exact) mass is 266 g/mol. The minimum absolute atomic E-state index is 0.0694. The molecule has 0 unspecified atom stereocenters. The first kappa shape index (κ1) is 10.5. The molecule has 5 heteroatoms. The van der Waals surface area contributed by atoms with E-state index in [0.29, 0.717) is 4.47 Å². The Kier molecular flexibility index (Phi) is 3.27. The summed E-state index contributed by atoms with van der Waals surface area (Å²) in [5, 5.41) is 8.41. The maximum absolute atomic E-state index is 13.2. The van der Waals surface area contributed by atoms with Gasteiger partial charge in [-0.25, -0.2) is 4.39 Å². The molecule has 0 fully saturated rings. The Labute approximate surface area is 87.5 Å². The normalized spacial score (nSPS) is 10.1. The number of benzene rings is 1. The molecule has 0 amide bonds. The minimum Gasteiger partial charge on any atom is -0.481 e. The van der Waals surface area contributed by atoms with Crippen LogP contribution in [0.1, 0.15) is 5.56 Å². The molecule has 1 aromatic carbocycles. The van der Waals surface area contributed by atoms with Crippen molar-refractivity contribution >= 4 is 33.5 Å². The SMILES string of the molecule is O=C(O)Cc1c(Br)ccc(Cl)c1F. The van der Waals surface area contributed by atoms with Gasteiger partial charge in [0.1, 0.15) is 5.82 Å². The third-order valence-electron chi connectivity index (χ3n) is 1.47. The average molecular weight is 267 g/mol. The molecule has 2 nitrogen and oxygen atoms in total. The summed E-state index contributed by atoms with van der Waals surface area (Å²) >= 11 is 8.53. The van der Waals surface area contributed by atoms with E-state index in [0.717, 1.165) is 0 Å². The van der Waals surface area contributed by atoms with Gasteiger partial charge in [0, 0.05) is 10.0 Å². The number of carboxylic acid groups (broad SMARTS) is 1. The molecule has 0 spiro atoms. The van der Waals surface area contributed by atoms with Gasteiger partial charge in [-0.1, -0.05) is 27.5 Å². The standard InChI is InChI=1S/C8H5BrClFO2/c9-5-1-2-6(10)8(11)4(5)3-7(12)13/h1-2H,3H2,(H,12,13). The molecular weight excluding hydrogens is 262 g/mol. The van der Waals surface area contributed by atoms with Crippen molar-refractivity contribution in [3.05, 3.63) is 33.0 Å². The van der Waals surface area contributed by atoms with E-state index in [1.807, 2.05) is 0 Å². The molecule has 0 saturated carbocycles. The van der Waals surface area contributed by atoms with Crippen LogP contribution in [-0.4, -0.2) is 11.1 Å². The third-order valence-corrected chi connectivity index (χ3v) is 2.50. The lowest BCUT2D eigenvalue weighted by atomic mass is 10.1. The van der Waals surface area contributed by atoms with E-state index in [1.54, 1.807) is 0 Å². The molecule has 70 valence electrons. The van der Waals surface area contributed by atoms with Crippen LogP contribution in [-0.2, 0) is 11.2 Å². The summed E-state index contributed by atoms with van der Waals surface area (Å²) in [6, 6.07) is 2.88. The molecule has 0 bridgehead atoms. The summed E-state index contributed by atoms with van der Waals surface area (Å²) < 4.78 is 13.6. The van der Waals surface area contributed by atoms with E-state index in [9.17, 15) is 9.18 Å². The number of rotatable bonds is 2. The van der Waals surface area contributed by atoms with Gasteiger partial charge < -0.3 is 5.11 Å². The summed E-state index contributed by atoms with van der Waals surface area (Å²) in [6.45, 7) is 0. The van der Waals surface area contributed by atoms with Crippen molar-refractivity contribution in [1.82, 2.24) is 0 Å². The Morgan fingerprint density at radius 1 is 1.62 bits per heavy atom. The Morgan fingerprint density at radius 3 is 2.77 bits per heavy atom. The van der Waals surface area contributed by atoms with Gasteiger partial charge in [0.05, 0.1) is 11.4 Å². The predicted molar refractivity (Wildman–Crippen MR) is 50.4 cm³/mol. The second-order valence-corrected chi connectivity index (χ2v) is 3.65. The first-order valence-electron chi connectivity index (χ1n) is 3.36. The zero-order chi connectivity index (χ0) is 10.0. The van der Waals surface area contributed by atoms with Crippen LogP contribution in [0.3, 0.4) is 0 Å². The fraction of sp³-hybridized carbons (Fsp3) is 0.125. The Hall–Kier alpha value is -0.610. The second-order valence-electron chi connectivity index (χ2n) is 2.39. The lowest BCUT2D eigenvalue weighted by molar-refractivity contribution is -0.136. The highest BCUT2D eigenvalue weighted by Crippen LogP contribution is 2.26. The molecule has 1 rings (SSSR count). The Balaban J connectivity index is 3.17. The van der Waals surface area contributed by atoms with Crippen molar-refractivity contribution in [3.63, 3.8) is 0 Å². The van der Waals surface area contributed by atoms with Crippen molar-refractivity contribution in [3.8, 4) is 0 Å². The van der Waals surface area contributed by atoms with Crippen molar-refractivity contribution in [1.29, 1.82) is 0 Å². The van der Waals surface area contributed by atoms with Crippen LogP contribution in [0.4, 0.5) is 4.39 Å². The summed E-state index contributed by atoms with van der Waals surface area (Å²) in [5.41, 5.74) is 0.0694. The predicted octanol–water partition coefficient (Wildman–Crippen LogP) is 2.87. The molecule has 1 aromatic rings. The second kappa shape index (κ2) is 4.07. The summed E-state index contributed by atoms with van der Waals surface area (Å²) in [4.78, 5) is 10.4. The number of carboxylic acids is 1. The van der Waals surface area contributed by atoms with Crippen LogP contribution in [0.5, 0.6) is 0 Å². The zero-order valence-electron chi connectivity index (χ0n) is 6.35. The van der Waals surface area contributed by atoms with E-state index >= 15 is 0 Å². The topological polar surface area (TPSA) is 37.3 Å². The lowest BCUT2D eigenvalue weighted by Gasteiger charge is -2.04. The van der Waals surface area contributed by atoms with E-state index < -0.39 is 11.8 Å². The number of halogens is 3. The first-order valence-corrected chi connectivity index (χ1v) is 4.53. The minimum atomic E-state index is -1.10. The first-order chi connectivity index (χ1) is 6.02. The van der Waals surface area contributed by atoms with Crippen LogP contribution in [0.15, 0.2) is 16.6 Å². The maximum Gasteiger partial charge on any atom is 0.307 e. The molecule has 0 saturated heterocycles. The molecule has 0 radical (unpaired) electrons.